The van der Waals surface area contributed by atoms with Crippen LogP contribution < -0.4 is 10.6 Å². The molecule has 1 aliphatic rings. The highest BCUT2D eigenvalue weighted by atomic mass is 35.5. The van der Waals surface area contributed by atoms with Crippen LogP contribution in [0.15, 0.2) is 30.5 Å². The van der Waals surface area contributed by atoms with Crippen LogP contribution in [0.2, 0.25) is 0 Å². The first-order valence-electron chi connectivity index (χ1n) is 6.87. The van der Waals surface area contributed by atoms with Crippen molar-refractivity contribution >= 4 is 29.8 Å². The predicted molar refractivity (Wildman–Crippen MR) is 86.4 cm³/mol. The summed E-state index contributed by atoms with van der Waals surface area (Å²) in [5.41, 5.74) is 3.02. The standard InChI is InChI=1S/C15H18N4O.ClH/c1-10(2)19-14(6-8-17-19)18-15(20)12-3-4-13-11(9-12)5-7-16-13;/h3-4,6,8-10,16H,5,7H2,1-2H3,(H,18,20);1H. The van der Waals surface area contributed by atoms with Crippen LogP contribution in [0.5, 0.6) is 0 Å². The number of hydrogen-bond donors (Lipinski definition) is 2. The van der Waals surface area contributed by atoms with E-state index in [4.69, 9.17) is 0 Å². The van der Waals surface area contributed by atoms with Crippen LogP contribution in [-0.2, 0) is 6.42 Å². The van der Waals surface area contributed by atoms with Crippen molar-refractivity contribution in [2.45, 2.75) is 26.3 Å². The Morgan fingerprint density at radius 2 is 2.19 bits per heavy atom. The molecule has 1 amide bonds. The minimum atomic E-state index is -0.0953. The molecule has 0 saturated carbocycles. The maximum atomic E-state index is 12.3. The van der Waals surface area contributed by atoms with Gasteiger partial charge >= 0.3 is 0 Å². The van der Waals surface area contributed by atoms with Crippen LogP contribution >= 0.6 is 12.4 Å². The highest BCUT2D eigenvalue weighted by molar-refractivity contribution is 6.04. The van der Waals surface area contributed by atoms with E-state index in [2.05, 4.69) is 15.7 Å². The minimum absolute atomic E-state index is 0. The summed E-state index contributed by atoms with van der Waals surface area (Å²) in [5.74, 6) is 0.630. The fourth-order valence-electron chi connectivity index (χ4n) is 2.46. The number of nitrogens with one attached hydrogen (secondary N) is 2. The molecule has 1 aromatic heterocycles. The third-order valence-corrected chi connectivity index (χ3v) is 3.48. The van der Waals surface area contributed by atoms with Gasteiger partial charge in [-0.15, -0.1) is 12.4 Å². The van der Waals surface area contributed by atoms with E-state index in [1.165, 1.54) is 5.56 Å². The van der Waals surface area contributed by atoms with Gasteiger partial charge in [0.15, 0.2) is 0 Å². The summed E-state index contributed by atoms with van der Waals surface area (Å²) in [6.07, 6.45) is 2.67. The second-order valence-corrected chi connectivity index (χ2v) is 5.26. The van der Waals surface area contributed by atoms with Crippen LogP contribution in [0, 0.1) is 0 Å². The summed E-state index contributed by atoms with van der Waals surface area (Å²) < 4.78 is 1.80. The third-order valence-electron chi connectivity index (χ3n) is 3.48. The molecular formula is C15H19ClN4O. The number of aromatic nitrogens is 2. The van der Waals surface area contributed by atoms with Gasteiger partial charge in [-0.1, -0.05) is 0 Å². The fourth-order valence-corrected chi connectivity index (χ4v) is 2.46. The number of carbonyl (C=O) groups is 1. The van der Waals surface area contributed by atoms with Gasteiger partial charge in [0.05, 0.1) is 6.20 Å². The van der Waals surface area contributed by atoms with Gasteiger partial charge in [-0.05, 0) is 44.0 Å². The van der Waals surface area contributed by atoms with Crippen LogP contribution in [0.4, 0.5) is 11.5 Å². The summed E-state index contributed by atoms with van der Waals surface area (Å²) in [6, 6.07) is 7.80. The van der Waals surface area contributed by atoms with Gasteiger partial charge in [0.1, 0.15) is 5.82 Å². The minimum Gasteiger partial charge on any atom is -0.384 e. The number of carbonyl (C=O) groups excluding carboxylic acids is 1. The molecule has 2 N–H and O–H groups in total. The van der Waals surface area contributed by atoms with Crippen LogP contribution in [0.25, 0.3) is 0 Å². The highest BCUT2D eigenvalue weighted by Crippen LogP contribution is 2.23. The Morgan fingerprint density at radius 1 is 1.38 bits per heavy atom. The molecular weight excluding hydrogens is 288 g/mol. The molecule has 0 fully saturated rings. The molecule has 6 heteroatoms. The van der Waals surface area contributed by atoms with Crippen molar-refractivity contribution in [2.24, 2.45) is 0 Å². The van der Waals surface area contributed by atoms with E-state index in [1.807, 2.05) is 38.1 Å². The fraction of sp³-hybridized carbons (Fsp3) is 0.333. The number of halogens is 1. The van der Waals surface area contributed by atoms with E-state index in [0.717, 1.165) is 24.5 Å². The summed E-state index contributed by atoms with van der Waals surface area (Å²) in [5, 5.41) is 10.4. The first kappa shape index (κ1) is 15.4. The van der Waals surface area contributed by atoms with Crippen LogP contribution in [-0.4, -0.2) is 22.2 Å². The third kappa shape index (κ3) is 3.03. The Morgan fingerprint density at radius 3 is 2.95 bits per heavy atom. The van der Waals surface area contributed by atoms with Gasteiger partial charge in [0.2, 0.25) is 0 Å². The number of nitrogens with zero attached hydrogens (tertiary/aromatic N) is 2. The normalized spacial score (nSPS) is 12.5. The Balaban J connectivity index is 0.00000161. The Bertz CT molecular complexity index is 651. The second-order valence-electron chi connectivity index (χ2n) is 5.26. The molecule has 0 spiro atoms. The molecule has 0 bridgehead atoms. The van der Waals surface area contributed by atoms with Gasteiger partial charge in [-0.3, -0.25) is 4.79 Å². The zero-order valence-electron chi connectivity index (χ0n) is 12.1. The molecule has 0 atom stereocenters. The van der Waals surface area contributed by atoms with Gasteiger partial charge in [0, 0.05) is 29.9 Å². The van der Waals surface area contributed by atoms with Crippen LogP contribution in [0.1, 0.15) is 35.8 Å². The van der Waals surface area contributed by atoms with Crippen molar-refractivity contribution in [3.8, 4) is 0 Å². The number of anilines is 2. The van der Waals surface area contributed by atoms with E-state index < -0.39 is 0 Å². The summed E-state index contributed by atoms with van der Waals surface area (Å²) in [4.78, 5) is 12.3. The Labute approximate surface area is 130 Å². The van der Waals surface area contributed by atoms with Crippen molar-refractivity contribution in [1.82, 2.24) is 9.78 Å². The van der Waals surface area contributed by atoms with Crippen molar-refractivity contribution in [2.75, 3.05) is 17.2 Å². The lowest BCUT2D eigenvalue weighted by Gasteiger charge is -2.12. The molecule has 21 heavy (non-hydrogen) atoms. The highest BCUT2D eigenvalue weighted by Gasteiger charge is 2.15. The number of rotatable bonds is 3. The monoisotopic (exact) mass is 306 g/mol. The number of amides is 1. The van der Waals surface area contributed by atoms with Crippen molar-refractivity contribution in [3.05, 3.63) is 41.6 Å². The Kier molecular flexibility index (Phi) is 4.53. The molecule has 112 valence electrons. The SMILES string of the molecule is CC(C)n1nccc1NC(=O)c1ccc2c(c1)CCN2.Cl. The molecule has 0 radical (unpaired) electrons. The molecule has 1 aliphatic heterocycles. The van der Waals surface area contributed by atoms with Gasteiger partial charge in [-0.25, -0.2) is 4.68 Å². The number of hydrogen-bond acceptors (Lipinski definition) is 3. The molecule has 0 aliphatic carbocycles. The molecule has 0 saturated heterocycles. The number of benzene rings is 1. The van der Waals surface area contributed by atoms with E-state index in [0.29, 0.717) is 5.56 Å². The van der Waals surface area contributed by atoms with Crippen molar-refractivity contribution < 1.29 is 4.79 Å². The van der Waals surface area contributed by atoms with Crippen LogP contribution in [0.3, 0.4) is 0 Å². The van der Waals surface area contributed by atoms with Gasteiger partial charge in [0.25, 0.3) is 5.91 Å². The largest absolute Gasteiger partial charge is 0.384 e. The zero-order valence-corrected chi connectivity index (χ0v) is 12.9. The van der Waals surface area contributed by atoms with E-state index in [-0.39, 0.29) is 24.4 Å². The lowest BCUT2D eigenvalue weighted by Crippen LogP contribution is -2.16. The zero-order chi connectivity index (χ0) is 14.1. The molecule has 2 aromatic rings. The van der Waals surface area contributed by atoms with E-state index in [9.17, 15) is 4.79 Å². The molecule has 2 heterocycles. The summed E-state index contributed by atoms with van der Waals surface area (Å²) in [6.45, 7) is 5.01. The summed E-state index contributed by atoms with van der Waals surface area (Å²) in [7, 11) is 0. The quantitative estimate of drug-likeness (QED) is 0.916. The summed E-state index contributed by atoms with van der Waals surface area (Å²) >= 11 is 0. The number of fused-ring (bicyclic) bond motifs is 1. The lowest BCUT2D eigenvalue weighted by atomic mass is 10.1. The predicted octanol–water partition coefficient (Wildman–Crippen LogP) is 3.11. The molecule has 5 nitrogen and oxygen atoms in total. The van der Waals surface area contributed by atoms with E-state index >= 15 is 0 Å². The average Bonchev–Trinajstić information content (AvgIpc) is 3.05. The maximum Gasteiger partial charge on any atom is 0.256 e. The Hall–Kier alpha value is -2.01. The van der Waals surface area contributed by atoms with E-state index in [1.54, 1.807) is 10.9 Å². The molecule has 0 unspecified atom stereocenters. The maximum absolute atomic E-state index is 12.3. The topological polar surface area (TPSA) is 59.0 Å². The second kappa shape index (κ2) is 6.18. The van der Waals surface area contributed by atoms with Gasteiger partial charge < -0.3 is 10.6 Å². The first-order chi connectivity index (χ1) is 9.65. The van der Waals surface area contributed by atoms with Crippen molar-refractivity contribution in [1.29, 1.82) is 0 Å². The average molecular weight is 307 g/mol. The first-order valence-corrected chi connectivity index (χ1v) is 6.87. The van der Waals surface area contributed by atoms with Gasteiger partial charge in [-0.2, -0.15) is 5.10 Å². The van der Waals surface area contributed by atoms with Crippen molar-refractivity contribution in [3.63, 3.8) is 0 Å². The molecule has 3 rings (SSSR count). The molecule has 1 aromatic carbocycles. The lowest BCUT2D eigenvalue weighted by molar-refractivity contribution is 0.102. The smallest absolute Gasteiger partial charge is 0.256 e.